The number of rotatable bonds is 1. The Balaban J connectivity index is -0.000000182. The Kier molecular flexibility index (Phi) is 53.0. The standard InChI is InChI=1S/C20H46N8.2CN.3ClHO4.Co.Cu/c1-3-21-7-11-25-15-19(16-26-12-8-22-4-1)20-17-27-13-9-23-5-2-6-24-10-14-28-18-20;2*1-2;3*2-1(3,4)5;;/h19-28H,1-18H2;;;3*(H,2,3,4,5);;/q;2*-1;;;;+2;. The molecule has 2 radical (unpaired) electrons. The van der Waals surface area contributed by atoms with Crippen molar-refractivity contribution >= 4 is 0 Å². The molecular weight excluding hydrogens is 825 g/mol. The molecule has 2 aliphatic rings. The Hall–Kier alpha value is 0.0760. The molecule has 0 atom stereocenters. The van der Waals surface area contributed by atoms with Crippen LogP contribution in [0.1, 0.15) is 12.8 Å². The van der Waals surface area contributed by atoms with E-state index in [4.69, 9.17) is 79.6 Å². The molecule has 22 nitrogen and oxygen atoms in total. The fourth-order valence-electron chi connectivity index (χ4n) is 3.84. The first-order valence-corrected chi connectivity index (χ1v) is 17.8. The molecule has 300 valence electrons. The molecule has 2 saturated heterocycles. The molecule has 49 heavy (non-hydrogen) atoms. The van der Waals surface area contributed by atoms with Gasteiger partial charge in [0.05, 0.1) is 44.7 Å². The first-order chi connectivity index (χ1) is 22.0. The van der Waals surface area contributed by atoms with Crippen molar-refractivity contribution in [2.75, 3.05) is 105 Å². The van der Waals surface area contributed by atoms with Gasteiger partial charge in [0.2, 0.25) is 0 Å². The van der Waals surface area contributed by atoms with Crippen LogP contribution >= 0.6 is 0 Å². The van der Waals surface area contributed by atoms with Crippen molar-refractivity contribution in [2.24, 2.45) is 11.8 Å². The maximum Gasteiger partial charge on any atom is 2.00 e. The fourth-order valence-corrected chi connectivity index (χ4v) is 3.84. The van der Waals surface area contributed by atoms with Gasteiger partial charge < -0.3 is 66.2 Å². The van der Waals surface area contributed by atoms with Gasteiger partial charge in [0, 0.05) is 69.4 Å². The average Bonchev–Trinajstić information content (AvgIpc) is 2.95. The van der Waals surface area contributed by atoms with Gasteiger partial charge in [-0.15, -0.1) is 0 Å². The van der Waals surface area contributed by atoms with Crippen molar-refractivity contribution in [1.82, 2.24) is 42.5 Å². The average molecular weight is 875 g/mol. The molecule has 0 spiro atoms. The predicted molar refractivity (Wildman–Crippen MR) is 136 cm³/mol. The van der Waals surface area contributed by atoms with Crippen LogP contribution in [0.25, 0.3) is 0 Å². The van der Waals surface area contributed by atoms with Gasteiger partial charge in [0.25, 0.3) is 0 Å². The number of halogens is 3. The smallest absolute Gasteiger partial charge is 0.512 e. The van der Waals surface area contributed by atoms with Crippen LogP contribution in [0.4, 0.5) is 0 Å². The van der Waals surface area contributed by atoms with Crippen LogP contribution in [0.2, 0.25) is 0 Å². The minimum Gasteiger partial charge on any atom is -0.512 e. The van der Waals surface area contributed by atoms with E-state index in [2.05, 4.69) is 42.5 Å². The first-order valence-electron chi connectivity index (χ1n) is 14.0. The van der Waals surface area contributed by atoms with E-state index >= 15 is 0 Å². The maximum absolute atomic E-state index is 8.60. The van der Waals surface area contributed by atoms with E-state index in [1.54, 1.807) is 0 Å². The summed E-state index contributed by atoms with van der Waals surface area (Å²) in [5.74, 6) is 1.24. The normalized spacial score (nSPS) is 18.7. The molecule has 0 aromatic rings. The van der Waals surface area contributed by atoms with E-state index < -0.39 is 30.7 Å². The van der Waals surface area contributed by atoms with E-state index in [1.807, 2.05) is 0 Å². The second-order valence-corrected chi connectivity index (χ2v) is 11.6. The van der Waals surface area contributed by atoms with Crippen LogP contribution in [0, 0.1) is 66.2 Å². The minimum atomic E-state index is -4.69. The summed E-state index contributed by atoms with van der Waals surface area (Å²) in [5.41, 5.74) is 0. The van der Waals surface area contributed by atoms with Gasteiger partial charge >= 0.3 is 16.8 Å². The molecule has 0 unspecified atom stereocenters. The molecule has 0 bridgehead atoms. The van der Waals surface area contributed by atoms with Crippen LogP contribution in [0.5, 0.6) is 0 Å². The summed E-state index contributed by atoms with van der Waals surface area (Å²) in [5, 5.41) is 41.4. The summed E-state index contributed by atoms with van der Waals surface area (Å²) in [6, 6.07) is 0. The zero-order valence-electron chi connectivity index (χ0n) is 26.6. The minimum absolute atomic E-state index is 0. The molecule has 2 aliphatic heterocycles. The third-order valence-corrected chi connectivity index (χ3v) is 5.62. The first kappa shape index (κ1) is 61.1. The van der Waals surface area contributed by atoms with Crippen molar-refractivity contribution in [3.8, 4) is 0 Å². The largest absolute Gasteiger partial charge is 2.00 e. The van der Waals surface area contributed by atoms with Crippen LogP contribution in [-0.2, 0) is 33.8 Å². The predicted octanol–water partition coefficient (Wildman–Crippen LogP) is -14.4. The van der Waals surface area contributed by atoms with Gasteiger partial charge in [-0.1, -0.05) is 0 Å². The topological polar surface area (TPSA) is 412 Å². The molecule has 0 aromatic heterocycles. The zero-order chi connectivity index (χ0) is 37.0. The molecule has 2 rings (SSSR count). The number of hydrogen-bond acceptors (Lipinski definition) is 22. The van der Waals surface area contributed by atoms with Gasteiger partial charge in [-0.05, 0) is 77.0 Å². The second-order valence-electron chi connectivity index (χ2n) is 9.23. The SMILES string of the molecule is C1CNCCNCC(C2CNCCNCCCNCCNC2)CNCCNC1.[C-]#N.[C-]#N.[Co+2].[Cu].[O-][Cl+3]([O-])([O-])O.[O-][Cl+3]([O-])([O-])O.[O-][Cl+3]([O-])([O-])O. The van der Waals surface area contributed by atoms with Crippen molar-refractivity contribution < 1.29 is 120 Å². The Morgan fingerprint density at radius 1 is 0.388 bits per heavy atom. The van der Waals surface area contributed by atoms with Gasteiger partial charge in [-0.25, -0.2) is 0 Å². The van der Waals surface area contributed by atoms with E-state index in [-0.39, 0.29) is 33.8 Å². The Morgan fingerprint density at radius 2 is 0.531 bits per heavy atom. The number of hydrogen-bond donors (Lipinski definition) is 11. The Morgan fingerprint density at radius 3 is 0.694 bits per heavy atom. The van der Waals surface area contributed by atoms with Crippen LogP contribution in [0.15, 0.2) is 0 Å². The second kappa shape index (κ2) is 42.5. The molecule has 0 amide bonds. The van der Waals surface area contributed by atoms with E-state index in [1.165, 1.54) is 12.8 Å². The molecule has 2 fully saturated rings. The summed E-state index contributed by atoms with van der Waals surface area (Å²) < 4.78 is 98.2. The van der Waals surface area contributed by atoms with Crippen molar-refractivity contribution in [3.63, 3.8) is 0 Å². The molecule has 0 aromatic carbocycles. The summed E-state index contributed by atoms with van der Waals surface area (Å²) in [6.07, 6.45) is 2.40. The quantitative estimate of drug-likeness (QED) is 0.0860. The maximum atomic E-state index is 8.60. The van der Waals surface area contributed by atoms with E-state index in [0.717, 1.165) is 105 Å². The van der Waals surface area contributed by atoms with Gasteiger partial charge in [-0.2, -0.15) is 41.9 Å². The van der Waals surface area contributed by atoms with Crippen molar-refractivity contribution in [2.45, 2.75) is 12.8 Å². The van der Waals surface area contributed by atoms with Gasteiger partial charge in [0.1, 0.15) is 0 Å². The van der Waals surface area contributed by atoms with Gasteiger partial charge in [0.15, 0.2) is 0 Å². The zero-order valence-corrected chi connectivity index (χ0v) is 30.8. The fraction of sp³-hybridized carbons (Fsp3) is 0.909. The van der Waals surface area contributed by atoms with E-state index in [9.17, 15) is 0 Å². The monoisotopic (exact) mass is 872 g/mol. The Bertz CT molecular complexity index is 596. The Labute approximate surface area is 314 Å². The molecule has 27 heteroatoms. The van der Waals surface area contributed by atoms with Gasteiger partial charge in [-0.3, -0.25) is 0 Å². The molecule has 2 heterocycles. The number of nitrogens with zero attached hydrogens (tertiary/aromatic N) is 2. The van der Waals surface area contributed by atoms with Crippen LogP contribution < -0.4 is 84.5 Å². The molecule has 11 N–H and O–H groups in total. The van der Waals surface area contributed by atoms with Crippen LogP contribution in [0.3, 0.4) is 0 Å². The third-order valence-electron chi connectivity index (χ3n) is 5.62. The molecular formula is C22H49Cl3CoCuN10O12. The van der Waals surface area contributed by atoms with Crippen LogP contribution in [-0.4, -0.2) is 119 Å². The molecule has 0 aliphatic carbocycles. The summed E-state index contributed by atoms with van der Waals surface area (Å²) >= 11 is 0. The summed E-state index contributed by atoms with van der Waals surface area (Å²) in [6.45, 7) is 26.6. The number of nitrogens with one attached hydrogen (secondary N) is 8. The summed E-state index contributed by atoms with van der Waals surface area (Å²) in [4.78, 5) is 0. The molecule has 0 saturated carbocycles. The summed E-state index contributed by atoms with van der Waals surface area (Å²) in [7, 11) is -14.1. The van der Waals surface area contributed by atoms with Crippen molar-refractivity contribution in [3.05, 3.63) is 13.1 Å². The van der Waals surface area contributed by atoms with E-state index in [0.29, 0.717) is 11.8 Å². The van der Waals surface area contributed by atoms with Crippen molar-refractivity contribution in [1.29, 1.82) is 10.5 Å². The third kappa shape index (κ3) is 78.4.